The van der Waals surface area contributed by atoms with Crippen molar-refractivity contribution in [2.45, 2.75) is 31.2 Å². The molecule has 5 heteroatoms. The normalized spacial score (nSPS) is 18.9. The molecule has 0 spiro atoms. The molecule has 3 heterocycles. The molecule has 4 N–H and O–H groups in total. The lowest BCUT2D eigenvalue weighted by Crippen LogP contribution is -2.33. The fourth-order valence-corrected chi connectivity index (χ4v) is 3.15. The summed E-state index contributed by atoms with van der Waals surface area (Å²) in [6, 6.07) is 2.01. The Labute approximate surface area is 104 Å². The first-order valence-electron chi connectivity index (χ1n) is 6.37. The molecule has 0 aromatic carbocycles. The molecule has 0 unspecified atom stereocenters. The number of rotatable bonds is 1. The predicted octanol–water partition coefficient (Wildman–Crippen LogP) is 2.17. The number of pyridine rings is 1. The number of aromatic nitrogens is 4. The Morgan fingerprint density at radius 3 is 2.83 bits per heavy atom. The van der Waals surface area contributed by atoms with Gasteiger partial charge in [0.2, 0.25) is 0 Å². The van der Waals surface area contributed by atoms with E-state index in [4.69, 9.17) is 5.73 Å². The van der Waals surface area contributed by atoms with Crippen LogP contribution in [0.2, 0.25) is 0 Å². The van der Waals surface area contributed by atoms with E-state index < -0.39 is 0 Å². The molecular formula is C13H15N5. The number of hydrogen-bond donors (Lipinski definition) is 3. The summed E-state index contributed by atoms with van der Waals surface area (Å²) in [5, 5.41) is 8.67. The number of hydrogen-bond acceptors (Lipinski definition) is 3. The van der Waals surface area contributed by atoms with Gasteiger partial charge in [0.15, 0.2) is 5.65 Å². The van der Waals surface area contributed by atoms with E-state index >= 15 is 0 Å². The Balaban J connectivity index is 2.08. The standard InChI is InChI=1S/C13H15N5/c14-13(4-1-2-5-13)11-10-8-3-6-15-12(8)16-7-9(10)17-18-11/h3,6-7,17-18H,1-2,4-5,14H2. The SMILES string of the molecule is NC1(c2[nH][nH]c3cnc4nccc4c23)CCCC1. The van der Waals surface area contributed by atoms with Crippen LogP contribution >= 0.6 is 0 Å². The van der Waals surface area contributed by atoms with Gasteiger partial charge in [-0.15, -0.1) is 0 Å². The van der Waals surface area contributed by atoms with Crippen LogP contribution in [0.5, 0.6) is 0 Å². The highest BCUT2D eigenvalue weighted by Crippen LogP contribution is 2.39. The van der Waals surface area contributed by atoms with Gasteiger partial charge in [-0.25, -0.2) is 9.97 Å². The number of fused-ring (bicyclic) bond motifs is 3. The topological polar surface area (TPSA) is 83.4 Å². The second-order valence-electron chi connectivity index (χ2n) is 5.22. The number of H-pyrrole nitrogens is 2. The van der Waals surface area contributed by atoms with E-state index in [0.717, 1.165) is 40.5 Å². The largest absolute Gasteiger partial charge is 0.320 e. The van der Waals surface area contributed by atoms with Crippen molar-refractivity contribution in [1.29, 1.82) is 0 Å². The van der Waals surface area contributed by atoms with E-state index in [-0.39, 0.29) is 5.54 Å². The quantitative estimate of drug-likeness (QED) is 0.610. The number of nitrogens with two attached hydrogens (primary N) is 1. The number of nitrogens with zero attached hydrogens (tertiary/aromatic N) is 2. The number of aromatic amines is 2. The lowest BCUT2D eigenvalue weighted by atomic mass is 9.92. The van der Waals surface area contributed by atoms with Gasteiger partial charge in [0, 0.05) is 17.0 Å². The van der Waals surface area contributed by atoms with Gasteiger partial charge in [-0.2, -0.15) is 0 Å². The van der Waals surface area contributed by atoms with Crippen LogP contribution < -0.4 is 5.73 Å². The third kappa shape index (κ3) is 1.19. The summed E-state index contributed by atoms with van der Waals surface area (Å²) in [6.45, 7) is 0. The van der Waals surface area contributed by atoms with Crippen molar-refractivity contribution in [1.82, 2.24) is 20.2 Å². The first-order valence-corrected chi connectivity index (χ1v) is 6.37. The molecule has 3 aromatic rings. The van der Waals surface area contributed by atoms with Crippen molar-refractivity contribution in [2.24, 2.45) is 5.73 Å². The molecule has 0 aliphatic heterocycles. The minimum absolute atomic E-state index is 0.232. The van der Waals surface area contributed by atoms with Gasteiger partial charge in [0.1, 0.15) is 0 Å². The third-order valence-corrected chi connectivity index (χ3v) is 4.10. The van der Waals surface area contributed by atoms with Crippen LogP contribution in [0.25, 0.3) is 21.9 Å². The highest BCUT2D eigenvalue weighted by molar-refractivity contribution is 6.04. The van der Waals surface area contributed by atoms with E-state index in [0.29, 0.717) is 0 Å². The average Bonchev–Trinajstić information content (AvgIpc) is 3.05. The van der Waals surface area contributed by atoms with Crippen LogP contribution in [-0.4, -0.2) is 20.2 Å². The van der Waals surface area contributed by atoms with Crippen molar-refractivity contribution in [2.75, 3.05) is 0 Å². The fraction of sp³-hybridized carbons (Fsp3) is 0.385. The van der Waals surface area contributed by atoms with Gasteiger partial charge in [0.05, 0.1) is 22.9 Å². The van der Waals surface area contributed by atoms with E-state index in [1.807, 2.05) is 12.3 Å². The molecule has 0 bridgehead atoms. The summed E-state index contributed by atoms with van der Waals surface area (Å²) in [5.74, 6) is 0. The lowest BCUT2D eigenvalue weighted by molar-refractivity contribution is 0.450. The van der Waals surface area contributed by atoms with E-state index in [1.165, 1.54) is 12.8 Å². The molecule has 0 atom stereocenters. The molecule has 1 fully saturated rings. The lowest BCUT2D eigenvalue weighted by Gasteiger charge is -2.22. The van der Waals surface area contributed by atoms with E-state index in [2.05, 4.69) is 20.2 Å². The fourth-order valence-electron chi connectivity index (χ4n) is 3.15. The monoisotopic (exact) mass is 241 g/mol. The summed E-state index contributed by atoms with van der Waals surface area (Å²) in [5.41, 5.74) is 9.23. The summed E-state index contributed by atoms with van der Waals surface area (Å²) in [6.07, 6.45) is 8.09. The maximum Gasteiger partial charge on any atom is 0.159 e. The maximum atomic E-state index is 6.56. The molecule has 92 valence electrons. The number of nitrogens with one attached hydrogen (secondary N) is 2. The second-order valence-corrected chi connectivity index (χ2v) is 5.22. The Morgan fingerprint density at radius 1 is 1.17 bits per heavy atom. The van der Waals surface area contributed by atoms with Gasteiger partial charge in [-0.05, 0) is 18.9 Å². The van der Waals surface area contributed by atoms with Gasteiger partial charge < -0.3 is 10.8 Å². The Hall–Kier alpha value is -1.88. The van der Waals surface area contributed by atoms with Crippen molar-refractivity contribution in [3.05, 3.63) is 24.2 Å². The molecule has 3 aromatic heterocycles. The summed E-state index contributed by atoms with van der Waals surface area (Å²) >= 11 is 0. The molecule has 0 amide bonds. The van der Waals surface area contributed by atoms with Crippen LogP contribution in [0.4, 0.5) is 0 Å². The summed E-state index contributed by atoms with van der Waals surface area (Å²) in [4.78, 5) is 8.59. The first-order chi connectivity index (χ1) is 8.78. The van der Waals surface area contributed by atoms with E-state index in [9.17, 15) is 0 Å². The highest BCUT2D eigenvalue weighted by atomic mass is 15.1. The zero-order valence-corrected chi connectivity index (χ0v) is 10.0. The minimum Gasteiger partial charge on any atom is -0.320 e. The smallest absolute Gasteiger partial charge is 0.159 e. The summed E-state index contributed by atoms with van der Waals surface area (Å²) < 4.78 is 0. The third-order valence-electron chi connectivity index (χ3n) is 4.10. The van der Waals surface area contributed by atoms with Crippen LogP contribution in [-0.2, 0) is 5.54 Å². The van der Waals surface area contributed by atoms with Crippen LogP contribution in [0, 0.1) is 0 Å². The van der Waals surface area contributed by atoms with Crippen LogP contribution in [0.3, 0.4) is 0 Å². The van der Waals surface area contributed by atoms with Gasteiger partial charge in [-0.3, -0.25) is 5.10 Å². The Morgan fingerprint density at radius 2 is 2.00 bits per heavy atom. The maximum absolute atomic E-state index is 6.56. The summed E-state index contributed by atoms with van der Waals surface area (Å²) in [7, 11) is 0. The van der Waals surface area contributed by atoms with Crippen molar-refractivity contribution in [3.63, 3.8) is 0 Å². The molecule has 1 saturated carbocycles. The molecule has 1 aliphatic carbocycles. The van der Waals surface area contributed by atoms with Gasteiger partial charge in [-0.1, -0.05) is 12.8 Å². The Kier molecular flexibility index (Phi) is 1.86. The minimum atomic E-state index is -0.232. The molecular weight excluding hydrogens is 226 g/mol. The second kappa shape index (κ2) is 3.32. The first kappa shape index (κ1) is 10.1. The van der Waals surface area contributed by atoms with Crippen LogP contribution in [0.15, 0.2) is 18.5 Å². The van der Waals surface area contributed by atoms with E-state index in [1.54, 1.807) is 6.20 Å². The molecule has 0 saturated heterocycles. The predicted molar refractivity (Wildman–Crippen MR) is 70.1 cm³/mol. The molecule has 0 radical (unpaired) electrons. The van der Waals surface area contributed by atoms with Gasteiger partial charge in [0.25, 0.3) is 0 Å². The van der Waals surface area contributed by atoms with Crippen molar-refractivity contribution in [3.8, 4) is 0 Å². The average molecular weight is 241 g/mol. The molecule has 5 nitrogen and oxygen atoms in total. The zero-order chi connectivity index (χ0) is 12.2. The molecule has 1 aliphatic rings. The van der Waals surface area contributed by atoms with Crippen molar-refractivity contribution < 1.29 is 0 Å². The molecule has 18 heavy (non-hydrogen) atoms. The Bertz CT molecular complexity index is 717. The van der Waals surface area contributed by atoms with Crippen LogP contribution in [0.1, 0.15) is 31.4 Å². The zero-order valence-electron chi connectivity index (χ0n) is 10.0. The van der Waals surface area contributed by atoms with Gasteiger partial charge >= 0.3 is 0 Å². The van der Waals surface area contributed by atoms with Crippen molar-refractivity contribution >= 4 is 21.9 Å². The molecule has 4 rings (SSSR count). The highest BCUT2D eigenvalue weighted by Gasteiger charge is 2.34.